The van der Waals surface area contributed by atoms with Crippen LogP contribution < -0.4 is 4.74 Å². The van der Waals surface area contributed by atoms with Crippen LogP contribution in [0.15, 0.2) is 42.5 Å². The van der Waals surface area contributed by atoms with E-state index in [1.165, 1.54) is 12.1 Å². The van der Waals surface area contributed by atoms with Crippen LogP contribution in [0.4, 0.5) is 5.69 Å². The molecule has 0 N–H and O–H groups in total. The van der Waals surface area contributed by atoms with Crippen molar-refractivity contribution in [1.82, 2.24) is 9.34 Å². The van der Waals surface area contributed by atoms with Crippen molar-refractivity contribution < 1.29 is 23.5 Å². The molecular weight excluding hydrogens is 409 g/mol. The summed E-state index contributed by atoms with van der Waals surface area (Å²) in [7, 11) is -2.98. The lowest BCUT2D eigenvalue weighted by Crippen LogP contribution is -2.08. The van der Waals surface area contributed by atoms with Gasteiger partial charge in [-0.1, -0.05) is 6.92 Å². The molecule has 30 heavy (non-hydrogen) atoms. The molecule has 0 atom stereocenters. The number of ketones is 1. The van der Waals surface area contributed by atoms with Crippen LogP contribution in [0, 0.1) is 10.1 Å². The smallest absolute Gasteiger partial charge is 0.346 e. The molecule has 0 aliphatic carbocycles. The van der Waals surface area contributed by atoms with Crippen molar-refractivity contribution in [3.8, 4) is 11.5 Å². The first-order chi connectivity index (χ1) is 14.4. The Kier molecular flexibility index (Phi) is 5.71. The molecule has 0 bridgehead atoms. The van der Waals surface area contributed by atoms with Crippen LogP contribution in [0.25, 0.3) is 0 Å². The Balaban J connectivity index is 1.52. The molecule has 0 radical (unpaired) electrons. The Labute approximate surface area is 173 Å². The largest absolute Gasteiger partial charge is 0.450 e. The minimum Gasteiger partial charge on any atom is -0.450 e. The molecule has 2 heterocycles. The zero-order valence-electron chi connectivity index (χ0n) is 16.5. The quantitative estimate of drug-likeness (QED) is 0.181. The van der Waals surface area contributed by atoms with E-state index in [-0.39, 0.29) is 23.8 Å². The fourth-order valence-electron chi connectivity index (χ4n) is 3.02. The number of rotatable bonds is 10. The van der Waals surface area contributed by atoms with Crippen molar-refractivity contribution in [1.29, 1.82) is 0 Å². The lowest BCUT2D eigenvalue weighted by atomic mass is 10.1. The Bertz CT molecular complexity index is 1000. The van der Waals surface area contributed by atoms with Gasteiger partial charge in [0.2, 0.25) is 5.75 Å². The zero-order chi connectivity index (χ0) is 21.3. The van der Waals surface area contributed by atoms with Gasteiger partial charge in [-0.15, -0.1) is 0 Å². The Morgan fingerprint density at radius 3 is 2.27 bits per heavy atom. The molecule has 0 saturated carbocycles. The predicted octanol–water partition coefficient (Wildman–Crippen LogP) is 4.24. The van der Waals surface area contributed by atoms with Crippen LogP contribution in [0.5, 0.6) is 11.5 Å². The minimum absolute atomic E-state index is 0.00825. The molecule has 2 fully saturated rings. The lowest BCUT2D eigenvalue weighted by molar-refractivity contribution is -0.385. The van der Waals surface area contributed by atoms with Crippen LogP contribution in [0.1, 0.15) is 29.3 Å². The number of hydrogen-bond donors (Lipinski definition) is 0. The summed E-state index contributed by atoms with van der Waals surface area (Å²) in [5.41, 5.74) is 0.993. The second kappa shape index (κ2) is 8.28. The van der Waals surface area contributed by atoms with E-state index in [1.807, 2.05) is 9.34 Å². The van der Waals surface area contributed by atoms with Crippen molar-refractivity contribution in [2.45, 2.75) is 20.0 Å². The molecule has 9 nitrogen and oxygen atoms in total. The van der Waals surface area contributed by atoms with Gasteiger partial charge in [-0.25, -0.2) is 9.34 Å². The van der Waals surface area contributed by atoms with E-state index in [2.05, 4.69) is 0 Å². The summed E-state index contributed by atoms with van der Waals surface area (Å²) in [4.78, 5) is 22.6. The fourth-order valence-corrected chi connectivity index (χ4v) is 5.21. The van der Waals surface area contributed by atoms with Gasteiger partial charge in [0.25, 0.3) is 0 Å². The average molecular weight is 431 g/mol. The van der Waals surface area contributed by atoms with E-state index in [0.717, 1.165) is 26.2 Å². The molecule has 2 aromatic rings. The highest BCUT2D eigenvalue weighted by Gasteiger charge is 2.49. The van der Waals surface area contributed by atoms with E-state index in [0.29, 0.717) is 23.3 Å². The molecule has 158 valence electrons. The van der Waals surface area contributed by atoms with Crippen molar-refractivity contribution >= 4 is 19.1 Å². The predicted molar refractivity (Wildman–Crippen MR) is 110 cm³/mol. The van der Waals surface area contributed by atoms with Crippen molar-refractivity contribution in [3.63, 3.8) is 0 Å². The molecule has 4 rings (SSSR count). The molecule has 0 aromatic heterocycles. The summed E-state index contributed by atoms with van der Waals surface area (Å²) in [5.74, 6) is 0.445. The maximum Gasteiger partial charge on any atom is 0.346 e. The Hall–Kier alpha value is -2.58. The Morgan fingerprint density at radius 2 is 1.73 bits per heavy atom. The minimum atomic E-state index is -2.98. The van der Waals surface area contributed by atoms with E-state index < -0.39 is 12.6 Å². The van der Waals surface area contributed by atoms with Gasteiger partial charge in [-0.2, -0.15) is 0 Å². The molecule has 10 heteroatoms. The van der Waals surface area contributed by atoms with Crippen LogP contribution in [-0.2, 0) is 15.7 Å². The first-order valence-corrected chi connectivity index (χ1v) is 11.3. The van der Waals surface area contributed by atoms with Gasteiger partial charge in [0.15, 0.2) is 5.78 Å². The summed E-state index contributed by atoms with van der Waals surface area (Å²) < 4.78 is 28.2. The molecule has 2 aliphatic heterocycles. The average Bonchev–Trinajstić information content (AvgIpc) is 3.64. The number of benzene rings is 2. The molecule has 0 unspecified atom stereocenters. The summed E-state index contributed by atoms with van der Waals surface area (Å²) in [6.07, 6.45) is 0.395. The number of Topliss-reactive ketones (excluding diaryl/α,β-unsaturated/α-hetero) is 1. The third-order valence-corrected chi connectivity index (χ3v) is 7.60. The number of hydrogen-bond acceptors (Lipinski definition) is 6. The Morgan fingerprint density at radius 1 is 1.10 bits per heavy atom. The van der Waals surface area contributed by atoms with E-state index in [1.54, 1.807) is 37.3 Å². The van der Waals surface area contributed by atoms with E-state index >= 15 is 0 Å². The SMILES string of the molecule is CCC(=O)c1ccc(Oc2cc(COP(=O)(N3CC3)N3CC3)ccc2[N+](=O)[O-])cc1. The zero-order valence-corrected chi connectivity index (χ0v) is 17.4. The van der Waals surface area contributed by atoms with Gasteiger partial charge in [0.1, 0.15) is 5.75 Å². The van der Waals surface area contributed by atoms with Crippen LogP contribution in [-0.4, -0.2) is 46.2 Å². The van der Waals surface area contributed by atoms with Gasteiger partial charge < -0.3 is 9.26 Å². The normalized spacial score (nSPS) is 16.3. The fraction of sp³-hybridized carbons (Fsp3) is 0.350. The second-order valence-corrected chi connectivity index (χ2v) is 9.50. The molecule has 0 spiro atoms. The molecule has 0 amide bonds. The van der Waals surface area contributed by atoms with Gasteiger partial charge in [0, 0.05) is 44.2 Å². The highest BCUT2D eigenvalue weighted by Crippen LogP contribution is 2.61. The van der Waals surface area contributed by atoms with Crippen molar-refractivity contribution in [2.75, 3.05) is 26.2 Å². The summed E-state index contributed by atoms with van der Waals surface area (Å²) in [6, 6.07) is 10.9. The lowest BCUT2D eigenvalue weighted by Gasteiger charge is -2.19. The number of nitrogens with zero attached hydrogens (tertiary/aromatic N) is 3. The standard InChI is InChI=1S/C20H22N3O6P/c1-2-19(24)16-4-6-17(7-5-16)29-20-13-15(3-8-18(20)23(25)26)14-28-30(27,21-9-10-21)22-11-12-22/h3-8,13H,2,9-12,14H2,1H3. The van der Waals surface area contributed by atoms with Gasteiger partial charge in [-0.05, 0) is 42.0 Å². The molecule has 2 aromatic carbocycles. The van der Waals surface area contributed by atoms with Crippen molar-refractivity contribution in [3.05, 3.63) is 63.7 Å². The van der Waals surface area contributed by atoms with E-state index in [9.17, 15) is 19.5 Å². The third-order valence-electron chi connectivity index (χ3n) is 4.91. The van der Waals surface area contributed by atoms with Gasteiger partial charge in [0.05, 0.1) is 11.5 Å². The number of nitro benzene ring substituents is 1. The van der Waals surface area contributed by atoms with E-state index in [4.69, 9.17) is 9.26 Å². The maximum absolute atomic E-state index is 13.0. The number of ether oxygens (including phenoxy) is 1. The summed E-state index contributed by atoms with van der Waals surface area (Å²) >= 11 is 0. The molecular formula is C20H22N3O6P. The highest BCUT2D eigenvalue weighted by molar-refractivity contribution is 7.54. The number of carbonyl (C=O) groups is 1. The first-order valence-electron chi connectivity index (χ1n) is 9.74. The topological polar surface area (TPSA) is 102 Å². The first kappa shape index (κ1) is 20.7. The van der Waals surface area contributed by atoms with Gasteiger partial charge in [-0.3, -0.25) is 19.5 Å². The van der Waals surface area contributed by atoms with Crippen LogP contribution >= 0.6 is 7.67 Å². The molecule has 2 aliphatic rings. The monoisotopic (exact) mass is 431 g/mol. The van der Waals surface area contributed by atoms with Crippen LogP contribution in [0.3, 0.4) is 0 Å². The summed E-state index contributed by atoms with van der Waals surface area (Å²) in [6.45, 7) is 4.83. The third kappa shape index (κ3) is 4.44. The van der Waals surface area contributed by atoms with Crippen LogP contribution in [0.2, 0.25) is 0 Å². The second-order valence-electron chi connectivity index (χ2n) is 7.13. The summed E-state index contributed by atoms with van der Waals surface area (Å²) in [5, 5.41) is 11.4. The number of nitro groups is 1. The van der Waals surface area contributed by atoms with Gasteiger partial charge >= 0.3 is 13.4 Å². The molecule has 2 saturated heterocycles. The number of carbonyl (C=O) groups excluding carboxylic acids is 1. The maximum atomic E-state index is 13.0. The van der Waals surface area contributed by atoms with Crippen molar-refractivity contribution in [2.24, 2.45) is 0 Å². The highest BCUT2D eigenvalue weighted by atomic mass is 31.2.